The Kier molecular flexibility index (Phi) is 5.11. The van der Waals surface area contributed by atoms with Gasteiger partial charge < -0.3 is 9.29 Å². The van der Waals surface area contributed by atoms with Crippen molar-refractivity contribution in [2.75, 3.05) is 0 Å². The van der Waals surface area contributed by atoms with Crippen LogP contribution in [0.15, 0.2) is 89.8 Å². The number of fused-ring (bicyclic) bond motifs is 1. The molecule has 31 heavy (non-hydrogen) atoms. The topological polar surface area (TPSA) is 109 Å². The van der Waals surface area contributed by atoms with Crippen LogP contribution in [0.25, 0.3) is 15.7 Å². The Labute approximate surface area is 177 Å². The van der Waals surface area contributed by atoms with Crippen LogP contribution in [0.3, 0.4) is 0 Å². The lowest BCUT2D eigenvalue weighted by molar-refractivity contribution is 0.103. The summed E-state index contributed by atoms with van der Waals surface area (Å²) >= 11 is 0. The van der Waals surface area contributed by atoms with E-state index in [0.29, 0.717) is 5.56 Å². The summed E-state index contributed by atoms with van der Waals surface area (Å²) in [6.45, 7) is 0. The van der Waals surface area contributed by atoms with Gasteiger partial charge in [-0.15, -0.1) is 0 Å². The van der Waals surface area contributed by atoms with E-state index in [1.807, 2.05) is 0 Å². The van der Waals surface area contributed by atoms with Crippen LogP contribution in [0.5, 0.6) is 11.5 Å². The molecule has 0 atom stereocenters. The second kappa shape index (κ2) is 7.89. The summed E-state index contributed by atoms with van der Waals surface area (Å²) < 4.78 is 31.7. The molecule has 0 amide bonds. The molecule has 7 nitrogen and oxygen atoms in total. The summed E-state index contributed by atoms with van der Waals surface area (Å²) in [6, 6.07) is 21.6. The van der Waals surface area contributed by atoms with Crippen molar-refractivity contribution in [2.45, 2.75) is 4.90 Å². The molecule has 0 saturated heterocycles. The molecule has 0 aliphatic heterocycles. The molecule has 152 valence electrons. The molecule has 0 unspecified atom stereocenters. The summed E-state index contributed by atoms with van der Waals surface area (Å²) in [5.74, 6) is -0.902. The van der Waals surface area contributed by atoms with E-state index in [9.17, 15) is 23.7 Å². The van der Waals surface area contributed by atoms with Crippen molar-refractivity contribution in [1.29, 1.82) is 5.39 Å². The average Bonchev–Trinajstić information content (AvgIpc) is 2.79. The minimum Gasteiger partial charge on any atom is -0.501 e. The van der Waals surface area contributed by atoms with E-state index in [2.05, 4.69) is 4.98 Å². The van der Waals surface area contributed by atoms with E-state index in [1.165, 1.54) is 24.3 Å². The van der Waals surface area contributed by atoms with Crippen molar-refractivity contribution >= 4 is 32.4 Å². The molecule has 4 aromatic carbocycles. The van der Waals surface area contributed by atoms with Crippen molar-refractivity contribution in [3.63, 3.8) is 0 Å². The van der Waals surface area contributed by atoms with Gasteiger partial charge in [-0.05, 0) is 12.1 Å². The van der Waals surface area contributed by atoms with E-state index in [-0.39, 0.29) is 38.4 Å². The van der Waals surface area contributed by atoms with Gasteiger partial charge in [0.1, 0.15) is 4.90 Å². The average molecular weight is 431 g/mol. The Morgan fingerprint density at radius 1 is 0.871 bits per heavy atom. The normalized spacial score (nSPS) is 11.1. The van der Waals surface area contributed by atoms with Crippen molar-refractivity contribution < 1.29 is 22.5 Å². The van der Waals surface area contributed by atoms with Crippen LogP contribution >= 0.6 is 0 Å². The van der Waals surface area contributed by atoms with E-state index >= 15 is 0 Å². The summed E-state index contributed by atoms with van der Waals surface area (Å²) in [5.41, 5.74) is 0.134. The molecule has 0 heterocycles. The quantitative estimate of drug-likeness (QED) is 0.270. The maximum absolute atomic E-state index is 13.2. The van der Waals surface area contributed by atoms with Gasteiger partial charge in [-0.25, -0.2) is 0 Å². The number of phenolic OH excluding ortho intramolecular Hbond substituents is 1. The lowest BCUT2D eigenvalue weighted by Gasteiger charge is -2.12. The molecule has 0 aliphatic carbocycles. The third kappa shape index (κ3) is 3.70. The largest absolute Gasteiger partial charge is 0.501 e. The molecule has 0 fully saturated rings. The number of para-hydroxylation sites is 1. The van der Waals surface area contributed by atoms with Gasteiger partial charge in [-0.3, -0.25) is 4.79 Å². The lowest BCUT2D eigenvalue weighted by Crippen LogP contribution is -2.13. The van der Waals surface area contributed by atoms with E-state index in [1.54, 1.807) is 54.6 Å². The van der Waals surface area contributed by atoms with Gasteiger partial charge >= 0.3 is 15.8 Å². The first kappa shape index (κ1) is 20.1. The molecular formula is C23H15N2O5S+. The van der Waals surface area contributed by atoms with Crippen LogP contribution in [0.1, 0.15) is 15.9 Å². The van der Waals surface area contributed by atoms with Crippen LogP contribution in [-0.2, 0) is 10.1 Å². The van der Waals surface area contributed by atoms with Crippen molar-refractivity contribution in [1.82, 2.24) is 0 Å². The molecular weight excluding hydrogens is 416 g/mol. The molecule has 4 aromatic rings. The van der Waals surface area contributed by atoms with Gasteiger partial charge in [0.25, 0.3) is 0 Å². The van der Waals surface area contributed by atoms with E-state index in [0.717, 1.165) is 6.07 Å². The molecule has 0 spiro atoms. The first-order valence-corrected chi connectivity index (χ1v) is 10.6. The van der Waals surface area contributed by atoms with Crippen LogP contribution < -0.4 is 4.18 Å². The number of rotatable bonds is 5. The van der Waals surface area contributed by atoms with Gasteiger partial charge in [0.2, 0.25) is 11.1 Å². The van der Waals surface area contributed by atoms with Crippen LogP contribution in [0, 0.1) is 5.39 Å². The number of phenols is 1. The number of diazo groups is 1. The third-order valence-electron chi connectivity index (χ3n) is 4.70. The Balaban J connectivity index is 1.83. The summed E-state index contributed by atoms with van der Waals surface area (Å²) in [4.78, 5) is 15.5. The molecule has 0 aliphatic rings. The molecule has 1 N–H and O–H groups in total. The first-order valence-electron chi connectivity index (χ1n) is 9.15. The molecule has 0 bridgehead atoms. The van der Waals surface area contributed by atoms with Gasteiger partial charge in [-0.1, -0.05) is 66.7 Å². The minimum absolute atomic E-state index is 0.0763. The standard InChI is InChI=1S/C23H14N2O5S/c24-25-19-14-21(16-10-4-5-11-17(16)23(19)27)31(28,29)30-20-13-7-6-12-18(20)22(26)15-8-2-1-3-9-15/h1-14H/p+1. The predicted octanol–water partition coefficient (Wildman–Crippen LogP) is 5.03. The Morgan fingerprint density at radius 3 is 2.19 bits per heavy atom. The molecule has 8 heteroatoms. The summed E-state index contributed by atoms with van der Waals surface area (Å²) in [7, 11) is -4.46. The lowest BCUT2D eigenvalue weighted by atomic mass is 10.0. The zero-order valence-corrected chi connectivity index (χ0v) is 16.8. The van der Waals surface area contributed by atoms with Gasteiger partial charge in [0.05, 0.1) is 11.6 Å². The summed E-state index contributed by atoms with van der Waals surface area (Å²) in [6.07, 6.45) is 0. The Hall–Kier alpha value is -4.22. The van der Waals surface area contributed by atoms with Crippen molar-refractivity contribution in [3.8, 4) is 11.5 Å². The molecule has 0 saturated carbocycles. The highest BCUT2D eigenvalue weighted by Crippen LogP contribution is 2.39. The number of nitrogens with zero attached hydrogens (tertiary/aromatic N) is 2. The highest BCUT2D eigenvalue weighted by molar-refractivity contribution is 7.87. The first-order chi connectivity index (χ1) is 14.9. The predicted molar refractivity (Wildman–Crippen MR) is 114 cm³/mol. The molecule has 0 radical (unpaired) electrons. The van der Waals surface area contributed by atoms with E-state index in [4.69, 9.17) is 4.18 Å². The van der Waals surface area contributed by atoms with Gasteiger partial charge in [-0.2, -0.15) is 8.42 Å². The van der Waals surface area contributed by atoms with Gasteiger partial charge in [0.15, 0.2) is 16.5 Å². The maximum Gasteiger partial charge on any atom is 0.428 e. The van der Waals surface area contributed by atoms with Crippen LogP contribution in [0.4, 0.5) is 5.69 Å². The fourth-order valence-electron chi connectivity index (χ4n) is 3.23. The number of aromatic hydroxyl groups is 1. The molecule has 4 rings (SSSR count). The van der Waals surface area contributed by atoms with Crippen LogP contribution in [0.2, 0.25) is 0 Å². The second-order valence-electron chi connectivity index (χ2n) is 6.62. The second-order valence-corrected chi connectivity index (χ2v) is 8.13. The Bertz CT molecular complexity index is 1460. The third-order valence-corrected chi connectivity index (χ3v) is 5.98. The summed E-state index contributed by atoms with van der Waals surface area (Å²) in [5, 5.41) is 19.8. The zero-order valence-electron chi connectivity index (χ0n) is 16.0. The number of hydrogen-bond acceptors (Lipinski definition) is 6. The monoisotopic (exact) mass is 431 g/mol. The zero-order chi connectivity index (χ0) is 22.0. The molecule has 0 aromatic heterocycles. The number of carbonyl (C=O) groups excluding carboxylic acids is 1. The number of hydrogen-bond donors (Lipinski definition) is 1. The highest BCUT2D eigenvalue weighted by Gasteiger charge is 2.29. The van der Waals surface area contributed by atoms with Crippen molar-refractivity contribution in [2.24, 2.45) is 0 Å². The Morgan fingerprint density at radius 2 is 1.48 bits per heavy atom. The van der Waals surface area contributed by atoms with E-state index < -0.39 is 15.9 Å². The number of benzene rings is 4. The van der Waals surface area contributed by atoms with Crippen LogP contribution in [-0.4, -0.2) is 19.3 Å². The fourth-order valence-corrected chi connectivity index (χ4v) is 4.41. The smallest absolute Gasteiger partial charge is 0.428 e. The number of carbonyl (C=O) groups is 1. The highest BCUT2D eigenvalue weighted by atomic mass is 32.2. The SMILES string of the molecule is N#[N+]c1cc(S(=O)(=O)Oc2ccccc2C(=O)c2ccccc2)c2ccccc2c1O. The minimum atomic E-state index is -4.46. The number of ketones is 1. The van der Waals surface area contributed by atoms with Gasteiger partial charge in [0, 0.05) is 16.3 Å². The fraction of sp³-hybridized carbons (Fsp3) is 0. The van der Waals surface area contributed by atoms with Crippen molar-refractivity contribution in [3.05, 3.63) is 101 Å². The maximum atomic E-state index is 13.2.